The van der Waals surface area contributed by atoms with Crippen molar-refractivity contribution in [3.63, 3.8) is 0 Å². The molecule has 22 heavy (non-hydrogen) atoms. The van der Waals surface area contributed by atoms with Crippen molar-refractivity contribution >= 4 is 11.6 Å². The molecule has 0 saturated heterocycles. The number of carbonyl (C=O) groups excluding carboxylic acids is 1. The summed E-state index contributed by atoms with van der Waals surface area (Å²) in [5.41, 5.74) is 2.45. The van der Waals surface area contributed by atoms with Crippen LogP contribution in [0.15, 0.2) is 48.8 Å². The number of hydrogen-bond acceptors (Lipinski definition) is 3. The maximum atomic E-state index is 12.1. The van der Waals surface area contributed by atoms with Crippen molar-refractivity contribution in [1.29, 1.82) is 0 Å². The highest BCUT2D eigenvalue weighted by atomic mass is 16.1. The summed E-state index contributed by atoms with van der Waals surface area (Å²) in [4.78, 5) is 16.3. The first kappa shape index (κ1) is 16.0. The van der Waals surface area contributed by atoms with E-state index in [1.54, 1.807) is 12.4 Å². The number of anilines is 1. The lowest BCUT2D eigenvalue weighted by molar-refractivity contribution is 0.0919. The smallest absolute Gasteiger partial charge is 0.253 e. The van der Waals surface area contributed by atoms with Crippen molar-refractivity contribution < 1.29 is 4.79 Å². The van der Waals surface area contributed by atoms with E-state index in [1.807, 2.05) is 45.0 Å². The van der Waals surface area contributed by atoms with Gasteiger partial charge in [0.15, 0.2) is 0 Å². The quantitative estimate of drug-likeness (QED) is 0.890. The molecule has 1 heterocycles. The number of carbonyl (C=O) groups is 1. The molecule has 0 saturated carbocycles. The van der Waals surface area contributed by atoms with Gasteiger partial charge < -0.3 is 10.6 Å². The molecule has 0 radical (unpaired) electrons. The molecule has 0 aliphatic heterocycles. The second-order valence-corrected chi connectivity index (χ2v) is 6.33. The van der Waals surface area contributed by atoms with E-state index in [9.17, 15) is 4.79 Å². The highest BCUT2D eigenvalue weighted by molar-refractivity contribution is 5.95. The van der Waals surface area contributed by atoms with Crippen LogP contribution in [0.4, 0.5) is 5.69 Å². The largest absolute Gasteiger partial charge is 0.383 e. The molecule has 0 spiro atoms. The SMILES string of the molecule is CC(C)(C)NC(=O)c1cncc(NCCc2ccccc2)c1. The average Bonchev–Trinajstić information content (AvgIpc) is 2.47. The first-order chi connectivity index (χ1) is 10.4. The fraction of sp³-hybridized carbons (Fsp3) is 0.333. The van der Waals surface area contributed by atoms with Gasteiger partial charge in [0.2, 0.25) is 0 Å². The number of amides is 1. The zero-order chi connectivity index (χ0) is 16.0. The first-order valence-corrected chi connectivity index (χ1v) is 7.49. The van der Waals surface area contributed by atoms with Crippen LogP contribution in [0.1, 0.15) is 36.7 Å². The Bertz CT molecular complexity index is 618. The van der Waals surface area contributed by atoms with Crippen molar-refractivity contribution in [2.24, 2.45) is 0 Å². The van der Waals surface area contributed by atoms with Crippen LogP contribution in [-0.4, -0.2) is 23.0 Å². The van der Waals surface area contributed by atoms with Crippen molar-refractivity contribution in [2.45, 2.75) is 32.7 Å². The predicted octanol–water partition coefficient (Wildman–Crippen LogP) is 3.26. The Hall–Kier alpha value is -2.36. The molecule has 0 fully saturated rings. The molecule has 2 aromatic rings. The fourth-order valence-corrected chi connectivity index (χ4v) is 2.07. The highest BCUT2D eigenvalue weighted by Crippen LogP contribution is 2.10. The van der Waals surface area contributed by atoms with E-state index < -0.39 is 0 Å². The summed E-state index contributed by atoms with van der Waals surface area (Å²) in [6, 6.07) is 12.1. The minimum atomic E-state index is -0.256. The maximum absolute atomic E-state index is 12.1. The van der Waals surface area contributed by atoms with Crippen LogP contribution in [0.25, 0.3) is 0 Å². The van der Waals surface area contributed by atoms with Gasteiger partial charge in [-0.3, -0.25) is 9.78 Å². The molecule has 0 aliphatic carbocycles. The van der Waals surface area contributed by atoms with Crippen molar-refractivity contribution in [2.75, 3.05) is 11.9 Å². The molecule has 0 unspecified atom stereocenters. The van der Waals surface area contributed by atoms with E-state index in [2.05, 4.69) is 27.8 Å². The standard InChI is InChI=1S/C18H23N3O/c1-18(2,3)21-17(22)15-11-16(13-19-12-15)20-10-9-14-7-5-4-6-8-14/h4-8,11-13,20H,9-10H2,1-3H3,(H,21,22). The van der Waals surface area contributed by atoms with Gasteiger partial charge in [0.25, 0.3) is 5.91 Å². The summed E-state index contributed by atoms with van der Waals surface area (Å²) in [7, 11) is 0. The normalized spacial score (nSPS) is 11.0. The maximum Gasteiger partial charge on any atom is 0.253 e. The summed E-state index contributed by atoms with van der Waals surface area (Å²) in [6.07, 6.45) is 4.25. The summed E-state index contributed by atoms with van der Waals surface area (Å²) in [5, 5.41) is 6.25. The molecule has 2 N–H and O–H groups in total. The summed E-state index contributed by atoms with van der Waals surface area (Å²) in [6.45, 7) is 6.68. The van der Waals surface area contributed by atoms with Crippen LogP contribution in [0.3, 0.4) is 0 Å². The summed E-state index contributed by atoms with van der Waals surface area (Å²) < 4.78 is 0. The minimum absolute atomic E-state index is 0.105. The average molecular weight is 297 g/mol. The molecule has 4 heteroatoms. The van der Waals surface area contributed by atoms with Crippen LogP contribution in [0.5, 0.6) is 0 Å². The molecular formula is C18H23N3O. The van der Waals surface area contributed by atoms with Crippen LogP contribution >= 0.6 is 0 Å². The van der Waals surface area contributed by atoms with Gasteiger partial charge >= 0.3 is 0 Å². The monoisotopic (exact) mass is 297 g/mol. The van der Waals surface area contributed by atoms with E-state index >= 15 is 0 Å². The van der Waals surface area contributed by atoms with Gasteiger partial charge in [-0.1, -0.05) is 30.3 Å². The Kier molecular flexibility index (Phi) is 5.15. The van der Waals surface area contributed by atoms with Gasteiger partial charge in [-0.05, 0) is 38.8 Å². The predicted molar refractivity (Wildman–Crippen MR) is 90.1 cm³/mol. The zero-order valence-corrected chi connectivity index (χ0v) is 13.4. The molecule has 4 nitrogen and oxygen atoms in total. The second kappa shape index (κ2) is 7.07. The number of aromatic nitrogens is 1. The van der Waals surface area contributed by atoms with E-state index in [0.717, 1.165) is 18.7 Å². The molecule has 1 amide bonds. The summed E-state index contributed by atoms with van der Waals surface area (Å²) in [5.74, 6) is -0.105. The van der Waals surface area contributed by atoms with Gasteiger partial charge in [-0.2, -0.15) is 0 Å². The van der Waals surface area contributed by atoms with Gasteiger partial charge in [-0.25, -0.2) is 0 Å². The Morgan fingerprint density at radius 1 is 1.14 bits per heavy atom. The minimum Gasteiger partial charge on any atom is -0.383 e. The lowest BCUT2D eigenvalue weighted by Gasteiger charge is -2.20. The fourth-order valence-electron chi connectivity index (χ4n) is 2.07. The van der Waals surface area contributed by atoms with Crippen LogP contribution in [0.2, 0.25) is 0 Å². The Balaban J connectivity index is 1.92. The first-order valence-electron chi connectivity index (χ1n) is 7.49. The van der Waals surface area contributed by atoms with E-state index in [0.29, 0.717) is 5.56 Å². The van der Waals surface area contributed by atoms with E-state index in [-0.39, 0.29) is 11.4 Å². The molecule has 2 rings (SSSR count). The molecule has 0 bridgehead atoms. The topological polar surface area (TPSA) is 54.0 Å². The number of benzene rings is 1. The van der Waals surface area contributed by atoms with Crippen LogP contribution in [0, 0.1) is 0 Å². The van der Waals surface area contributed by atoms with Crippen LogP contribution in [-0.2, 0) is 6.42 Å². The van der Waals surface area contributed by atoms with Gasteiger partial charge in [0.05, 0.1) is 11.3 Å². The van der Waals surface area contributed by atoms with E-state index in [4.69, 9.17) is 0 Å². The molecule has 0 aliphatic rings. The third kappa shape index (κ3) is 5.20. The molecule has 0 atom stereocenters. The van der Waals surface area contributed by atoms with E-state index in [1.165, 1.54) is 5.56 Å². The van der Waals surface area contributed by atoms with Crippen molar-refractivity contribution in [1.82, 2.24) is 10.3 Å². The number of nitrogens with zero attached hydrogens (tertiary/aromatic N) is 1. The number of nitrogens with one attached hydrogen (secondary N) is 2. The summed E-state index contributed by atoms with van der Waals surface area (Å²) >= 11 is 0. The second-order valence-electron chi connectivity index (χ2n) is 6.33. The lowest BCUT2D eigenvalue weighted by atomic mass is 10.1. The molecule has 116 valence electrons. The molecule has 1 aromatic carbocycles. The Morgan fingerprint density at radius 2 is 1.86 bits per heavy atom. The van der Waals surface area contributed by atoms with Gasteiger partial charge in [0, 0.05) is 24.5 Å². The third-order valence-electron chi connectivity index (χ3n) is 3.07. The number of pyridine rings is 1. The van der Waals surface area contributed by atoms with Gasteiger partial charge in [-0.15, -0.1) is 0 Å². The van der Waals surface area contributed by atoms with Crippen molar-refractivity contribution in [3.05, 3.63) is 59.9 Å². The lowest BCUT2D eigenvalue weighted by Crippen LogP contribution is -2.40. The molecule has 1 aromatic heterocycles. The Labute approximate surface area is 132 Å². The molecular weight excluding hydrogens is 274 g/mol. The third-order valence-corrected chi connectivity index (χ3v) is 3.07. The van der Waals surface area contributed by atoms with Crippen molar-refractivity contribution in [3.8, 4) is 0 Å². The van der Waals surface area contributed by atoms with Gasteiger partial charge in [0.1, 0.15) is 0 Å². The Morgan fingerprint density at radius 3 is 2.55 bits per heavy atom. The zero-order valence-electron chi connectivity index (χ0n) is 13.4. The number of hydrogen-bond donors (Lipinski definition) is 2. The highest BCUT2D eigenvalue weighted by Gasteiger charge is 2.15. The number of rotatable bonds is 5. The van der Waals surface area contributed by atoms with Crippen LogP contribution < -0.4 is 10.6 Å².